The first-order valence-corrected chi connectivity index (χ1v) is 4.14. The Labute approximate surface area is 65.1 Å². The van der Waals surface area contributed by atoms with Crippen molar-refractivity contribution in [2.75, 3.05) is 0 Å². The van der Waals surface area contributed by atoms with Gasteiger partial charge in [-0.25, -0.2) is 0 Å². The Morgan fingerprint density at radius 2 is 2.00 bits per heavy atom. The zero-order valence-corrected chi connectivity index (χ0v) is 6.47. The quantitative estimate of drug-likeness (QED) is 0.391. The van der Waals surface area contributed by atoms with Crippen molar-refractivity contribution >= 4 is 17.0 Å². The van der Waals surface area contributed by atoms with Gasteiger partial charge in [0, 0.05) is 12.1 Å². The van der Waals surface area contributed by atoms with Crippen LogP contribution in [0.25, 0.3) is 0 Å². The summed E-state index contributed by atoms with van der Waals surface area (Å²) < 4.78 is 0. The van der Waals surface area contributed by atoms with E-state index >= 15 is 0 Å². The van der Waals surface area contributed by atoms with Crippen molar-refractivity contribution in [2.24, 2.45) is 0 Å². The van der Waals surface area contributed by atoms with Crippen molar-refractivity contribution in [3.63, 3.8) is 0 Å². The van der Waals surface area contributed by atoms with Crippen LogP contribution < -0.4 is 0 Å². The van der Waals surface area contributed by atoms with Crippen molar-refractivity contribution in [2.45, 2.75) is 37.8 Å². The number of carbonyl (C=O) groups excluding carboxylic acids is 1. The van der Waals surface area contributed by atoms with Gasteiger partial charge in [0.15, 0.2) is 0 Å². The van der Waals surface area contributed by atoms with E-state index in [1.165, 1.54) is 12.8 Å². The third-order valence-corrected chi connectivity index (χ3v) is 2.80. The summed E-state index contributed by atoms with van der Waals surface area (Å²) >= 11 is 5.37. The minimum Gasteiger partial charge on any atom is -0.323 e. The Balaban J connectivity index is 2.06. The highest BCUT2D eigenvalue weighted by Crippen LogP contribution is 2.38. The minimum atomic E-state index is -0.249. The highest BCUT2D eigenvalue weighted by molar-refractivity contribution is 6.63. The highest BCUT2D eigenvalue weighted by Gasteiger charge is 2.43. The van der Waals surface area contributed by atoms with E-state index in [0.717, 1.165) is 12.8 Å². The second-order valence-electron chi connectivity index (χ2n) is 3.13. The van der Waals surface area contributed by atoms with Crippen LogP contribution in [-0.2, 0) is 0 Å². The summed E-state index contributed by atoms with van der Waals surface area (Å²) in [6.45, 7) is 0. The molecule has 10 heavy (non-hydrogen) atoms. The van der Waals surface area contributed by atoms with Crippen molar-refractivity contribution in [3.05, 3.63) is 0 Å². The monoisotopic (exact) mass is 159 g/mol. The summed E-state index contributed by atoms with van der Waals surface area (Å²) in [5, 5.41) is -0.249. The summed E-state index contributed by atoms with van der Waals surface area (Å²) in [6.07, 6.45) is 4.79. The minimum absolute atomic E-state index is 0.249. The predicted molar refractivity (Wildman–Crippen MR) is 39.1 cm³/mol. The molecule has 2 unspecified atom stereocenters. The molecule has 0 N–H and O–H groups in total. The Morgan fingerprint density at radius 3 is 2.30 bits per heavy atom. The molecular weight excluding hydrogens is 150 g/mol. The molecule has 2 nitrogen and oxygen atoms in total. The number of fused-ring (bicyclic) bond motifs is 2. The van der Waals surface area contributed by atoms with Crippen LogP contribution >= 0.6 is 11.6 Å². The Hall–Kier alpha value is -0.240. The molecule has 0 aromatic rings. The molecule has 3 fully saturated rings. The first-order valence-electron chi connectivity index (χ1n) is 3.77. The SMILES string of the molecule is O=C(Cl)N1C2CCCC1C2. The van der Waals surface area contributed by atoms with E-state index in [0.29, 0.717) is 12.1 Å². The lowest BCUT2D eigenvalue weighted by Crippen LogP contribution is -2.59. The smallest absolute Gasteiger partial charge is 0.316 e. The van der Waals surface area contributed by atoms with Gasteiger partial charge in [0.2, 0.25) is 0 Å². The molecule has 56 valence electrons. The van der Waals surface area contributed by atoms with E-state index < -0.39 is 0 Å². The Bertz CT molecular complexity index is 157. The molecule has 3 heteroatoms. The summed E-state index contributed by atoms with van der Waals surface area (Å²) in [5.74, 6) is 0. The number of amides is 1. The Morgan fingerprint density at radius 1 is 1.40 bits per heavy atom. The number of carbonyl (C=O) groups is 1. The van der Waals surface area contributed by atoms with E-state index in [9.17, 15) is 4.79 Å². The zero-order chi connectivity index (χ0) is 7.14. The van der Waals surface area contributed by atoms with Crippen molar-refractivity contribution in [3.8, 4) is 0 Å². The van der Waals surface area contributed by atoms with Crippen molar-refractivity contribution in [1.29, 1.82) is 0 Å². The Kier molecular flexibility index (Phi) is 1.37. The molecule has 3 aliphatic rings. The topological polar surface area (TPSA) is 20.3 Å². The molecule has 2 bridgehead atoms. The van der Waals surface area contributed by atoms with Crippen LogP contribution in [-0.4, -0.2) is 22.3 Å². The van der Waals surface area contributed by atoms with Crippen LogP contribution in [0.1, 0.15) is 25.7 Å². The molecule has 0 spiro atoms. The second-order valence-corrected chi connectivity index (χ2v) is 3.46. The molecule has 1 amide bonds. The number of hydrogen-bond donors (Lipinski definition) is 0. The average Bonchev–Trinajstić information content (AvgIpc) is 1.87. The largest absolute Gasteiger partial charge is 0.323 e. The summed E-state index contributed by atoms with van der Waals surface area (Å²) in [5.41, 5.74) is 0. The third-order valence-electron chi connectivity index (χ3n) is 2.61. The van der Waals surface area contributed by atoms with Gasteiger partial charge in [0.25, 0.3) is 0 Å². The molecule has 2 aliphatic heterocycles. The lowest BCUT2D eigenvalue weighted by atomic mass is 9.80. The number of piperidine rings is 1. The van der Waals surface area contributed by atoms with Gasteiger partial charge in [0.1, 0.15) is 0 Å². The van der Waals surface area contributed by atoms with Gasteiger partial charge in [-0.3, -0.25) is 4.79 Å². The van der Waals surface area contributed by atoms with Gasteiger partial charge in [-0.2, -0.15) is 0 Å². The lowest BCUT2D eigenvalue weighted by Gasteiger charge is -2.51. The predicted octanol–water partition coefficient (Wildman–Crippen LogP) is 1.97. The van der Waals surface area contributed by atoms with E-state index in [2.05, 4.69) is 0 Å². The third kappa shape index (κ3) is 0.749. The standard InChI is InChI=1S/C7H10ClNO/c8-7(10)9-5-2-1-3-6(9)4-5/h5-6H,1-4H2. The van der Waals surface area contributed by atoms with Crippen LogP contribution in [0.15, 0.2) is 0 Å². The van der Waals surface area contributed by atoms with Crippen LogP contribution in [0, 0.1) is 0 Å². The first-order chi connectivity index (χ1) is 4.79. The lowest BCUT2D eigenvalue weighted by molar-refractivity contribution is 0.0223. The maximum Gasteiger partial charge on any atom is 0.316 e. The molecule has 1 aliphatic carbocycles. The fraction of sp³-hybridized carbons (Fsp3) is 0.857. The molecule has 0 aromatic carbocycles. The number of rotatable bonds is 0. The molecule has 2 saturated heterocycles. The summed E-state index contributed by atoms with van der Waals surface area (Å²) in [6, 6.07) is 0.979. The molecule has 3 rings (SSSR count). The molecule has 2 heterocycles. The number of nitrogens with zero attached hydrogens (tertiary/aromatic N) is 1. The van der Waals surface area contributed by atoms with Crippen LogP contribution in [0.5, 0.6) is 0 Å². The van der Waals surface area contributed by atoms with E-state index in [4.69, 9.17) is 11.6 Å². The second kappa shape index (κ2) is 2.12. The van der Waals surface area contributed by atoms with Crippen molar-refractivity contribution in [1.82, 2.24) is 4.90 Å². The van der Waals surface area contributed by atoms with Gasteiger partial charge in [-0.15, -0.1) is 0 Å². The van der Waals surface area contributed by atoms with Gasteiger partial charge >= 0.3 is 5.37 Å². The molecule has 1 saturated carbocycles. The fourth-order valence-corrected chi connectivity index (χ4v) is 2.37. The van der Waals surface area contributed by atoms with E-state index in [-0.39, 0.29) is 5.37 Å². The molecule has 0 radical (unpaired) electrons. The maximum atomic E-state index is 10.7. The van der Waals surface area contributed by atoms with Crippen LogP contribution in [0.4, 0.5) is 4.79 Å². The molecular formula is C7H10ClNO. The van der Waals surface area contributed by atoms with E-state index in [1.807, 2.05) is 4.90 Å². The maximum absolute atomic E-state index is 10.7. The summed E-state index contributed by atoms with van der Waals surface area (Å²) in [4.78, 5) is 12.6. The van der Waals surface area contributed by atoms with E-state index in [1.54, 1.807) is 0 Å². The zero-order valence-electron chi connectivity index (χ0n) is 5.72. The number of hydrogen-bond acceptors (Lipinski definition) is 1. The van der Waals surface area contributed by atoms with Gasteiger partial charge < -0.3 is 4.90 Å². The van der Waals surface area contributed by atoms with Gasteiger partial charge in [0.05, 0.1) is 0 Å². The van der Waals surface area contributed by atoms with Crippen molar-refractivity contribution < 1.29 is 4.79 Å². The highest BCUT2D eigenvalue weighted by atomic mass is 35.5. The number of halogens is 1. The fourth-order valence-electron chi connectivity index (χ4n) is 2.09. The summed E-state index contributed by atoms with van der Waals surface area (Å²) in [7, 11) is 0. The normalized spacial score (nSPS) is 37.1. The molecule has 0 aromatic heterocycles. The van der Waals surface area contributed by atoms with Gasteiger partial charge in [-0.05, 0) is 37.3 Å². The average molecular weight is 160 g/mol. The van der Waals surface area contributed by atoms with Crippen LogP contribution in [0.3, 0.4) is 0 Å². The molecule has 2 atom stereocenters. The van der Waals surface area contributed by atoms with Crippen LogP contribution in [0.2, 0.25) is 0 Å². The first kappa shape index (κ1) is 6.47. The van der Waals surface area contributed by atoms with Gasteiger partial charge in [-0.1, -0.05) is 0 Å².